The highest BCUT2D eigenvalue weighted by Gasteiger charge is 2.31. The summed E-state index contributed by atoms with van der Waals surface area (Å²) in [7, 11) is 0. The number of carbonyl (C=O) groups excluding carboxylic acids is 3. The van der Waals surface area contributed by atoms with Gasteiger partial charge in [-0.3, -0.25) is 14.4 Å². The highest BCUT2D eigenvalue weighted by atomic mass is 16.6. The molecule has 11 rings (SSSR count). The number of hydrogen-bond donors (Lipinski definition) is 16. The third-order valence-electron chi connectivity index (χ3n) is 17.9. The van der Waals surface area contributed by atoms with E-state index in [0.717, 1.165) is 55.6 Å². The van der Waals surface area contributed by atoms with Crippen molar-refractivity contribution in [1.82, 2.24) is 0 Å². The zero-order chi connectivity index (χ0) is 113. The molecule has 8 bridgehead atoms. The Morgan fingerprint density at radius 3 is 0.721 bits per heavy atom. The van der Waals surface area contributed by atoms with E-state index < -0.39 is 30.4 Å². The molecule has 0 spiro atoms. The molecule has 3 aliphatic heterocycles. The van der Waals surface area contributed by atoms with Crippen LogP contribution in [0.5, 0.6) is 0 Å². The van der Waals surface area contributed by atoms with Crippen molar-refractivity contribution in [2.75, 3.05) is 52.9 Å². The molecule has 147 heavy (non-hydrogen) atoms. The number of aldehydes is 3. The monoisotopic (exact) mass is 2060 g/mol. The maximum atomic E-state index is 10.9. The largest absolute Gasteiger partial charge is 0.396 e. The Morgan fingerprint density at radius 2 is 0.483 bits per heavy atom. The van der Waals surface area contributed by atoms with Gasteiger partial charge in [-0.2, -0.15) is 0 Å². The van der Waals surface area contributed by atoms with Crippen LogP contribution in [-0.2, 0) is 139 Å². The van der Waals surface area contributed by atoms with Crippen LogP contribution in [0, 0.1) is 43.3 Å². The van der Waals surface area contributed by atoms with Crippen LogP contribution in [0.3, 0.4) is 0 Å². The third-order valence-corrected chi connectivity index (χ3v) is 17.9. The van der Waals surface area contributed by atoms with Gasteiger partial charge in [-0.1, -0.05) is 356 Å². The number of aliphatic hydroxyl groups excluding tert-OH is 14. The highest BCUT2D eigenvalue weighted by Crippen LogP contribution is 2.34. The molecule has 0 aliphatic carbocycles. The van der Waals surface area contributed by atoms with Gasteiger partial charge in [-0.15, -0.1) is 0 Å². The van der Waals surface area contributed by atoms with Gasteiger partial charge in [-0.05, 0) is 216 Å². The maximum absolute atomic E-state index is 10.9. The topological polar surface area (TPSA) is 421 Å². The van der Waals surface area contributed by atoms with Crippen molar-refractivity contribution < 1.29 is 120 Å². The summed E-state index contributed by atoms with van der Waals surface area (Å²) in [6, 6.07) is 43.0. The average molecular weight is 2060 g/mol. The Bertz CT molecular complexity index is 4420. The molecule has 24 nitrogen and oxygen atoms in total. The van der Waals surface area contributed by atoms with Crippen LogP contribution in [0.15, 0.2) is 146 Å². The molecule has 0 fully saturated rings. The van der Waals surface area contributed by atoms with E-state index in [4.69, 9.17) is 59.4 Å². The number of fused-ring (bicyclic) bond motifs is 9. The molecule has 16 N–H and O–H groups in total. The van der Waals surface area contributed by atoms with Crippen molar-refractivity contribution in [2.24, 2.45) is 43.3 Å². The molecule has 3 heterocycles. The quantitative estimate of drug-likeness (QED) is 0.0355. The molecule has 8 aromatic rings. The number of hydrogen-bond acceptors (Lipinski definition) is 24. The minimum absolute atomic E-state index is 0. The molecule has 0 aromatic heterocycles. The minimum atomic E-state index is -1.54. The smallest absolute Gasteiger partial charge is 0.189 e. The van der Waals surface area contributed by atoms with Crippen LogP contribution in [0.2, 0.25) is 0 Å². The first-order valence-corrected chi connectivity index (χ1v) is 50.8. The fraction of sp³-hybridized carbons (Fsp3) is 0.585. The van der Waals surface area contributed by atoms with Gasteiger partial charge in [-0.25, -0.2) is 0 Å². The van der Waals surface area contributed by atoms with E-state index in [9.17, 15) is 60.3 Å². The molecule has 0 amide bonds. The van der Waals surface area contributed by atoms with Crippen LogP contribution in [0.4, 0.5) is 0 Å². The van der Waals surface area contributed by atoms with Crippen molar-refractivity contribution in [3.05, 3.63) is 279 Å². The summed E-state index contributed by atoms with van der Waals surface area (Å²) in [5, 5.41) is 151. The second-order valence-corrected chi connectivity index (χ2v) is 49.3. The van der Waals surface area contributed by atoms with Crippen molar-refractivity contribution in [2.45, 2.75) is 377 Å². The van der Waals surface area contributed by atoms with Gasteiger partial charge in [0.25, 0.3) is 0 Å². The first kappa shape index (κ1) is 145. The fourth-order valence-electron chi connectivity index (χ4n) is 11.8. The molecule has 0 saturated heterocycles. The predicted octanol–water partition coefficient (Wildman–Crippen LogP) is 22.7. The summed E-state index contributed by atoms with van der Waals surface area (Å²) in [5.74, 6) is -3.09. The molecule has 5 atom stereocenters. The van der Waals surface area contributed by atoms with Crippen molar-refractivity contribution in [3.63, 3.8) is 0 Å². The summed E-state index contributed by atoms with van der Waals surface area (Å²) >= 11 is 0. The molecule has 3 aliphatic rings. The molecular weight excluding hydrogens is 1860 g/mol. The van der Waals surface area contributed by atoms with E-state index in [1.54, 1.807) is 117 Å². The Morgan fingerprint density at radius 1 is 0.272 bits per heavy atom. The summed E-state index contributed by atoms with van der Waals surface area (Å²) < 4.78 is 27.7. The van der Waals surface area contributed by atoms with Crippen LogP contribution < -0.4 is 0 Å². The van der Waals surface area contributed by atoms with E-state index in [2.05, 4.69) is 222 Å². The van der Waals surface area contributed by atoms with Gasteiger partial charge in [0.2, 0.25) is 0 Å². The van der Waals surface area contributed by atoms with Crippen molar-refractivity contribution in [1.29, 1.82) is 0 Å². The molecule has 836 valence electrons. The highest BCUT2D eigenvalue weighted by molar-refractivity contribution is 5.78. The number of rotatable bonds is 18. The van der Waals surface area contributed by atoms with Gasteiger partial charge < -0.3 is 105 Å². The number of benzene rings is 8. The Kier molecular flexibility index (Phi) is 71.6. The van der Waals surface area contributed by atoms with E-state index >= 15 is 0 Å². The van der Waals surface area contributed by atoms with Crippen LogP contribution in [0.25, 0.3) is 0 Å². The summed E-state index contributed by atoms with van der Waals surface area (Å²) in [6.07, 6.45) is 3.39. The van der Waals surface area contributed by atoms with Gasteiger partial charge in [0.05, 0.1) is 79.3 Å². The SMILES string of the molecule is C.CC(C)(C)C.CC(C)(C)C.CC(C)(C)C.CC(C)(C)C.CC(C)(C)C.CC(C)(C)C.CC(C)(C)C.CC(C)(C)C.CC1(O)OCCc2ccc(CO)c(c2)C(C)(O)OCCc2ccc(CO)c1c2.O=Cc1cc(CCO)ccc1CO.O=Cc1cc(CCO)ccc1CO.O=Cc1cc(CCO)ccc1CO.OCCc1ccc2c(c1)C(O)OC2.OCc1ccc2cc1C(O)OCCc1ccc(CO)c(c1)C(O)OCC2. The molecule has 24 heteroatoms. The first-order chi connectivity index (χ1) is 67.1. The molecule has 0 saturated carbocycles. The van der Waals surface area contributed by atoms with Gasteiger partial charge in [0.15, 0.2) is 30.4 Å². The van der Waals surface area contributed by atoms with E-state index in [-0.39, 0.29) is 107 Å². The van der Waals surface area contributed by atoms with Gasteiger partial charge in [0.1, 0.15) is 18.9 Å². The lowest BCUT2D eigenvalue weighted by molar-refractivity contribution is -0.201. The fourth-order valence-corrected chi connectivity index (χ4v) is 11.8. The second kappa shape index (κ2) is 72.5. The molecule has 5 unspecified atom stereocenters. The third kappa shape index (κ3) is 76.2. The molecular formula is C123H200O24. The van der Waals surface area contributed by atoms with E-state index in [0.29, 0.717) is 198 Å². The average Bonchev–Trinajstić information content (AvgIpc) is 1.61. The van der Waals surface area contributed by atoms with E-state index in [1.807, 2.05) is 42.5 Å². The number of aliphatic hydroxyl groups is 16. The summed E-state index contributed by atoms with van der Waals surface area (Å²) in [6.45, 7) is 73.8. The number of ether oxygens (including phenoxy) is 5. The Labute approximate surface area is 886 Å². The zero-order valence-electron chi connectivity index (χ0n) is 95.7. The number of carbonyl (C=O) groups is 3. The summed E-state index contributed by atoms with van der Waals surface area (Å²) in [5.41, 5.74) is 21.1. The first-order valence-electron chi connectivity index (χ1n) is 50.8. The van der Waals surface area contributed by atoms with Crippen molar-refractivity contribution >= 4 is 18.9 Å². The lowest BCUT2D eigenvalue weighted by atomic mass is 9.95. The second-order valence-electron chi connectivity index (χ2n) is 49.3. The Hall–Kier alpha value is -8.07. The summed E-state index contributed by atoms with van der Waals surface area (Å²) in [4.78, 5) is 31.7. The zero-order valence-corrected chi connectivity index (χ0v) is 95.7. The standard InChI is InChI=1S/C22H28O6.C20H24O6.4C10H12O3.8C5H12.CH4/c1-21(25)19-11-15(3-5-17(19)13-23)8-10-28-22(2,26)20-12-16(7-9-27-21)4-6-18(20)14-24;21-11-15-3-1-13-5-7-25-20(24)18-10-14(2-4-16(18)12-22)6-8-26-19(23)17(15)9-13;11-4-3-7-1-2-8-6-13-10(12)9(8)5-7;3*11-4-3-8-1-2-9(6-12)10(5-8)7-13;8*1-5(2,3)4;/h3-6,11-12,23-26H,7-10,13-14H2,1-2H3;1-4,9-10,19-24H,5-8,11-12H2;1-2,5,10-12H,3-4,6H2;3*1-2,5,7,11-12H,3-4,6H2;8*1-4H3;1H4. The van der Waals surface area contributed by atoms with E-state index in [1.165, 1.54) is 0 Å². The molecule has 0 radical (unpaired) electrons. The van der Waals surface area contributed by atoms with Crippen LogP contribution in [-0.4, -0.2) is 153 Å². The molecule has 8 aromatic carbocycles. The minimum Gasteiger partial charge on any atom is -0.396 e. The lowest BCUT2D eigenvalue weighted by Crippen LogP contribution is -2.30. The van der Waals surface area contributed by atoms with Crippen LogP contribution >= 0.6 is 0 Å². The van der Waals surface area contributed by atoms with Gasteiger partial charge >= 0.3 is 0 Å². The van der Waals surface area contributed by atoms with Gasteiger partial charge in [0, 0.05) is 70.9 Å². The lowest BCUT2D eigenvalue weighted by Gasteiger charge is -2.29. The van der Waals surface area contributed by atoms with Crippen molar-refractivity contribution in [3.8, 4) is 0 Å². The predicted molar refractivity (Wildman–Crippen MR) is 598 cm³/mol. The normalized spacial score (nSPS) is 16.4. The van der Waals surface area contributed by atoms with Crippen LogP contribution in [0.1, 0.15) is 410 Å². The Balaban J connectivity index is -0.000000790. The maximum Gasteiger partial charge on any atom is 0.189 e.